The van der Waals surface area contributed by atoms with E-state index in [2.05, 4.69) is 36.3 Å². The van der Waals surface area contributed by atoms with Crippen LogP contribution in [0.2, 0.25) is 0 Å². The van der Waals surface area contributed by atoms with Crippen molar-refractivity contribution in [2.75, 3.05) is 13.6 Å². The van der Waals surface area contributed by atoms with Gasteiger partial charge in [-0.05, 0) is 30.6 Å². The Kier molecular flexibility index (Phi) is 9.26. The van der Waals surface area contributed by atoms with Crippen LogP contribution in [0, 0.1) is 5.92 Å². The van der Waals surface area contributed by atoms with E-state index in [0.717, 1.165) is 18.7 Å². The standard InChI is InChI=1S/C16H27N3O.ClH/c1-5-19(4)11-14-8-6-7-13(9-14)10-18-16(20)15(17)12(2)3;/h6-9,12,15H,5,10-11,17H2,1-4H3,(H,18,20);1H/t15-;/m0./s1. The molecule has 21 heavy (non-hydrogen) atoms. The van der Waals surface area contributed by atoms with E-state index in [1.54, 1.807) is 0 Å². The number of nitrogens with zero attached hydrogens (tertiary/aromatic N) is 1. The Morgan fingerprint density at radius 2 is 1.95 bits per heavy atom. The van der Waals surface area contributed by atoms with Crippen LogP contribution in [0.4, 0.5) is 0 Å². The number of rotatable bonds is 7. The summed E-state index contributed by atoms with van der Waals surface area (Å²) in [4.78, 5) is 14.1. The van der Waals surface area contributed by atoms with Gasteiger partial charge in [-0.25, -0.2) is 0 Å². The third-order valence-electron chi connectivity index (χ3n) is 3.47. The van der Waals surface area contributed by atoms with Crippen molar-refractivity contribution in [1.29, 1.82) is 0 Å². The molecule has 1 aromatic carbocycles. The molecule has 0 radical (unpaired) electrons. The molecule has 1 amide bonds. The van der Waals surface area contributed by atoms with Crippen LogP contribution in [0.5, 0.6) is 0 Å². The maximum Gasteiger partial charge on any atom is 0.237 e. The number of nitrogens with two attached hydrogens (primary N) is 1. The number of hydrogen-bond acceptors (Lipinski definition) is 3. The SMILES string of the molecule is CCN(C)Cc1cccc(CNC(=O)[C@@H](N)C(C)C)c1.Cl. The van der Waals surface area contributed by atoms with E-state index in [9.17, 15) is 4.79 Å². The van der Waals surface area contributed by atoms with E-state index in [1.807, 2.05) is 26.0 Å². The van der Waals surface area contributed by atoms with Crippen molar-refractivity contribution < 1.29 is 4.79 Å². The predicted molar refractivity (Wildman–Crippen MR) is 90.4 cm³/mol. The molecule has 0 aliphatic rings. The summed E-state index contributed by atoms with van der Waals surface area (Å²) in [7, 11) is 2.09. The van der Waals surface area contributed by atoms with Crippen molar-refractivity contribution in [1.82, 2.24) is 10.2 Å². The van der Waals surface area contributed by atoms with E-state index >= 15 is 0 Å². The van der Waals surface area contributed by atoms with Crippen LogP contribution in [0.15, 0.2) is 24.3 Å². The van der Waals surface area contributed by atoms with Crippen LogP contribution in [0.1, 0.15) is 31.9 Å². The van der Waals surface area contributed by atoms with Crippen molar-refractivity contribution in [3.63, 3.8) is 0 Å². The number of halogens is 1. The summed E-state index contributed by atoms with van der Waals surface area (Å²) in [6, 6.07) is 7.86. The average molecular weight is 314 g/mol. The van der Waals surface area contributed by atoms with Crippen LogP contribution in [-0.4, -0.2) is 30.4 Å². The monoisotopic (exact) mass is 313 g/mol. The van der Waals surface area contributed by atoms with Gasteiger partial charge in [-0.3, -0.25) is 4.79 Å². The van der Waals surface area contributed by atoms with Gasteiger partial charge in [-0.1, -0.05) is 45.0 Å². The molecule has 3 N–H and O–H groups in total. The average Bonchev–Trinajstić information content (AvgIpc) is 2.44. The molecule has 0 aliphatic carbocycles. The number of amides is 1. The molecular weight excluding hydrogens is 286 g/mol. The van der Waals surface area contributed by atoms with Crippen LogP contribution >= 0.6 is 12.4 Å². The molecule has 0 fully saturated rings. The summed E-state index contributed by atoms with van der Waals surface area (Å²) in [5.74, 6) is 0.0654. The lowest BCUT2D eigenvalue weighted by atomic mass is 10.0. The Balaban J connectivity index is 0.00000400. The van der Waals surface area contributed by atoms with Crippen molar-refractivity contribution >= 4 is 18.3 Å². The lowest BCUT2D eigenvalue weighted by molar-refractivity contribution is -0.123. The molecule has 1 aromatic rings. The summed E-state index contributed by atoms with van der Waals surface area (Å²) in [5.41, 5.74) is 8.19. The Hall–Kier alpha value is -1.10. The largest absolute Gasteiger partial charge is 0.351 e. The summed E-state index contributed by atoms with van der Waals surface area (Å²) >= 11 is 0. The zero-order valence-electron chi connectivity index (χ0n) is 13.4. The summed E-state index contributed by atoms with van der Waals surface area (Å²) in [5, 5.41) is 2.90. The van der Waals surface area contributed by atoms with Crippen LogP contribution < -0.4 is 11.1 Å². The van der Waals surface area contributed by atoms with Crippen molar-refractivity contribution in [3.8, 4) is 0 Å². The Morgan fingerprint density at radius 3 is 2.52 bits per heavy atom. The molecule has 0 heterocycles. The molecule has 1 rings (SSSR count). The predicted octanol–water partition coefficient (Wildman–Crippen LogP) is 2.16. The first-order valence-corrected chi connectivity index (χ1v) is 7.23. The Morgan fingerprint density at radius 1 is 1.33 bits per heavy atom. The van der Waals surface area contributed by atoms with Gasteiger partial charge in [0.25, 0.3) is 0 Å². The Labute approximate surface area is 134 Å². The number of carbonyl (C=O) groups excluding carboxylic acids is 1. The van der Waals surface area contributed by atoms with E-state index in [1.165, 1.54) is 5.56 Å². The van der Waals surface area contributed by atoms with Gasteiger partial charge in [0.1, 0.15) is 0 Å². The van der Waals surface area contributed by atoms with Crippen molar-refractivity contribution in [2.24, 2.45) is 11.7 Å². The van der Waals surface area contributed by atoms with Crippen molar-refractivity contribution in [2.45, 2.75) is 39.9 Å². The van der Waals surface area contributed by atoms with Crippen LogP contribution in [0.25, 0.3) is 0 Å². The van der Waals surface area contributed by atoms with Gasteiger partial charge in [0.15, 0.2) is 0 Å². The van der Waals surface area contributed by atoms with E-state index in [4.69, 9.17) is 5.73 Å². The molecule has 5 heteroatoms. The number of nitrogens with one attached hydrogen (secondary N) is 1. The second kappa shape index (κ2) is 9.77. The highest BCUT2D eigenvalue weighted by Crippen LogP contribution is 2.08. The highest BCUT2D eigenvalue weighted by molar-refractivity contribution is 5.85. The van der Waals surface area contributed by atoms with Gasteiger partial charge >= 0.3 is 0 Å². The fraction of sp³-hybridized carbons (Fsp3) is 0.562. The van der Waals surface area contributed by atoms with E-state index in [0.29, 0.717) is 6.54 Å². The quantitative estimate of drug-likeness (QED) is 0.811. The van der Waals surface area contributed by atoms with Crippen molar-refractivity contribution in [3.05, 3.63) is 35.4 Å². The summed E-state index contributed by atoms with van der Waals surface area (Å²) in [6.07, 6.45) is 0. The maximum atomic E-state index is 11.8. The molecule has 0 saturated carbocycles. The van der Waals surface area contributed by atoms with Gasteiger partial charge in [0, 0.05) is 13.1 Å². The second-order valence-corrected chi connectivity index (χ2v) is 5.64. The second-order valence-electron chi connectivity index (χ2n) is 5.64. The van der Waals surface area contributed by atoms with E-state index in [-0.39, 0.29) is 24.2 Å². The normalized spacial score (nSPS) is 12.1. The van der Waals surface area contributed by atoms with Gasteiger partial charge in [0.2, 0.25) is 5.91 Å². The molecule has 4 nitrogen and oxygen atoms in total. The summed E-state index contributed by atoms with van der Waals surface area (Å²) in [6.45, 7) is 8.51. The van der Waals surface area contributed by atoms with Gasteiger partial charge in [0.05, 0.1) is 6.04 Å². The highest BCUT2D eigenvalue weighted by atomic mass is 35.5. The molecule has 0 saturated heterocycles. The zero-order chi connectivity index (χ0) is 15.1. The minimum absolute atomic E-state index is 0. The topological polar surface area (TPSA) is 58.4 Å². The summed E-state index contributed by atoms with van der Waals surface area (Å²) < 4.78 is 0. The van der Waals surface area contributed by atoms with Gasteiger partial charge < -0.3 is 16.0 Å². The van der Waals surface area contributed by atoms with E-state index < -0.39 is 6.04 Å². The third-order valence-corrected chi connectivity index (χ3v) is 3.47. The fourth-order valence-electron chi connectivity index (χ4n) is 1.87. The smallest absolute Gasteiger partial charge is 0.237 e. The molecule has 1 atom stereocenters. The molecule has 0 unspecified atom stereocenters. The minimum atomic E-state index is -0.440. The zero-order valence-corrected chi connectivity index (χ0v) is 14.2. The number of carbonyl (C=O) groups is 1. The molecule has 0 spiro atoms. The first-order valence-electron chi connectivity index (χ1n) is 7.23. The number of benzene rings is 1. The lowest BCUT2D eigenvalue weighted by Gasteiger charge is -2.16. The lowest BCUT2D eigenvalue weighted by Crippen LogP contribution is -2.43. The first-order chi connectivity index (χ1) is 9.43. The van der Waals surface area contributed by atoms with Gasteiger partial charge in [-0.15, -0.1) is 12.4 Å². The molecule has 0 aliphatic heterocycles. The maximum absolute atomic E-state index is 11.8. The fourth-order valence-corrected chi connectivity index (χ4v) is 1.87. The highest BCUT2D eigenvalue weighted by Gasteiger charge is 2.16. The minimum Gasteiger partial charge on any atom is -0.351 e. The number of hydrogen-bond donors (Lipinski definition) is 2. The molecular formula is C16H28ClN3O. The molecule has 120 valence electrons. The third kappa shape index (κ3) is 6.93. The molecule has 0 aromatic heterocycles. The van der Waals surface area contributed by atoms with Gasteiger partial charge in [-0.2, -0.15) is 0 Å². The van der Waals surface area contributed by atoms with Crippen LogP contribution in [0.3, 0.4) is 0 Å². The molecule has 0 bridgehead atoms. The Bertz CT molecular complexity index is 437. The van der Waals surface area contributed by atoms with Crippen LogP contribution in [-0.2, 0) is 17.9 Å². The first kappa shape index (κ1) is 19.9.